The van der Waals surface area contributed by atoms with Gasteiger partial charge in [0.15, 0.2) is 0 Å². The van der Waals surface area contributed by atoms with E-state index in [-0.39, 0.29) is 22.5 Å². The summed E-state index contributed by atoms with van der Waals surface area (Å²) in [4.78, 5) is 20.4. The number of phenolic OH excluding ortho intramolecular Hbond substituents is 1. The van der Waals surface area contributed by atoms with Crippen LogP contribution in [-0.4, -0.2) is 21.0 Å². The third-order valence-corrected chi connectivity index (χ3v) is 3.81. The van der Waals surface area contributed by atoms with Gasteiger partial charge < -0.3 is 10.4 Å². The topological polar surface area (TPSA) is 75.1 Å². The average molecular weight is 327 g/mol. The predicted molar refractivity (Wildman–Crippen MR) is 95.5 cm³/mol. The van der Waals surface area contributed by atoms with Crippen molar-refractivity contribution in [3.05, 3.63) is 47.5 Å². The molecule has 2 aromatic rings. The van der Waals surface area contributed by atoms with E-state index in [2.05, 4.69) is 15.3 Å². The second-order valence-electron chi connectivity index (χ2n) is 8.00. The lowest BCUT2D eigenvalue weighted by molar-refractivity contribution is 0.102. The average Bonchev–Trinajstić information content (AvgIpc) is 2.46. The first-order valence-electron chi connectivity index (χ1n) is 7.94. The quantitative estimate of drug-likeness (QED) is 0.873. The number of anilines is 1. The Labute approximate surface area is 143 Å². The van der Waals surface area contributed by atoms with Crippen LogP contribution in [0.4, 0.5) is 5.69 Å². The highest BCUT2D eigenvalue weighted by atomic mass is 16.3. The highest BCUT2D eigenvalue weighted by Gasteiger charge is 2.27. The van der Waals surface area contributed by atoms with Gasteiger partial charge in [0, 0.05) is 16.7 Å². The number of rotatable bonds is 2. The summed E-state index contributed by atoms with van der Waals surface area (Å²) >= 11 is 0. The minimum Gasteiger partial charge on any atom is -0.507 e. The molecule has 5 nitrogen and oxygen atoms in total. The van der Waals surface area contributed by atoms with Gasteiger partial charge in [-0.2, -0.15) is 0 Å². The number of hydrogen-bond acceptors (Lipinski definition) is 4. The van der Waals surface area contributed by atoms with Crippen LogP contribution < -0.4 is 5.32 Å². The Bertz CT molecular complexity index is 706. The molecule has 2 rings (SSSR count). The van der Waals surface area contributed by atoms with Crippen molar-refractivity contribution in [2.75, 3.05) is 5.32 Å². The van der Waals surface area contributed by atoms with Crippen LogP contribution in [0.15, 0.2) is 30.9 Å². The van der Waals surface area contributed by atoms with E-state index < -0.39 is 0 Å². The first kappa shape index (κ1) is 17.9. The number of nitrogens with zero attached hydrogens (tertiary/aromatic N) is 2. The standard InChI is InChI=1S/C19H25N3O2/c1-18(2,3)14-7-12(8-15(16(14)23)19(4,5)6)17(24)22-13-9-20-11-21-10-13/h7-11,23H,1-6H3,(H,22,24). The van der Waals surface area contributed by atoms with Crippen molar-refractivity contribution in [1.29, 1.82) is 0 Å². The summed E-state index contributed by atoms with van der Waals surface area (Å²) in [6.07, 6.45) is 4.49. The Balaban J connectivity index is 2.52. The molecule has 2 N–H and O–H groups in total. The maximum atomic E-state index is 12.6. The van der Waals surface area contributed by atoms with Gasteiger partial charge in [-0.05, 0) is 23.0 Å². The third kappa shape index (κ3) is 3.91. The van der Waals surface area contributed by atoms with Crippen molar-refractivity contribution < 1.29 is 9.90 Å². The van der Waals surface area contributed by atoms with E-state index in [1.54, 1.807) is 24.5 Å². The van der Waals surface area contributed by atoms with Crippen LogP contribution in [0.25, 0.3) is 0 Å². The Morgan fingerprint density at radius 1 is 0.958 bits per heavy atom. The summed E-state index contributed by atoms with van der Waals surface area (Å²) in [5.74, 6) is 0.00962. The van der Waals surface area contributed by atoms with Crippen LogP contribution >= 0.6 is 0 Å². The number of phenols is 1. The van der Waals surface area contributed by atoms with Crippen LogP contribution in [0, 0.1) is 0 Å². The first-order chi connectivity index (χ1) is 11.0. The Hall–Kier alpha value is -2.43. The van der Waals surface area contributed by atoms with Crippen molar-refractivity contribution in [2.45, 2.75) is 52.4 Å². The van der Waals surface area contributed by atoms with Gasteiger partial charge in [-0.15, -0.1) is 0 Å². The lowest BCUT2D eigenvalue weighted by atomic mass is 9.78. The number of nitrogens with one attached hydrogen (secondary N) is 1. The molecular weight excluding hydrogens is 302 g/mol. The lowest BCUT2D eigenvalue weighted by Gasteiger charge is -2.28. The van der Waals surface area contributed by atoms with Crippen LogP contribution in [0.5, 0.6) is 5.75 Å². The molecule has 1 aromatic heterocycles. The van der Waals surface area contributed by atoms with Crippen molar-refractivity contribution in [2.24, 2.45) is 0 Å². The summed E-state index contributed by atoms with van der Waals surface area (Å²) < 4.78 is 0. The third-order valence-electron chi connectivity index (χ3n) is 3.81. The molecule has 0 saturated carbocycles. The minimum absolute atomic E-state index is 0.249. The van der Waals surface area contributed by atoms with Gasteiger partial charge in [-0.3, -0.25) is 4.79 Å². The molecule has 1 heterocycles. The molecule has 0 bridgehead atoms. The van der Waals surface area contributed by atoms with Gasteiger partial charge in [-0.25, -0.2) is 9.97 Å². The Morgan fingerprint density at radius 2 is 1.42 bits per heavy atom. The van der Waals surface area contributed by atoms with E-state index in [1.807, 2.05) is 41.5 Å². The van der Waals surface area contributed by atoms with E-state index in [0.717, 1.165) is 11.1 Å². The van der Waals surface area contributed by atoms with Crippen molar-refractivity contribution in [3.8, 4) is 5.75 Å². The van der Waals surface area contributed by atoms with E-state index in [1.165, 1.54) is 6.33 Å². The van der Waals surface area contributed by atoms with Crippen molar-refractivity contribution in [3.63, 3.8) is 0 Å². The smallest absolute Gasteiger partial charge is 0.255 e. The molecule has 0 saturated heterocycles. The predicted octanol–water partition coefficient (Wildman–Crippen LogP) is 4.03. The molecule has 24 heavy (non-hydrogen) atoms. The molecule has 5 heteroatoms. The summed E-state index contributed by atoms with van der Waals surface area (Å²) in [7, 11) is 0. The summed E-state index contributed by atoms with van der Waals surface area (Å²) in [6.45, 7) is 12.1. The van der Waals surface area contributed by atoms with Crippen molar-refractivity contribution >= 4 is 11.6 Å². The molecule has 0 aliphatic heterocycles. The molecule has 0 spiro atoms. The van der Waals surface area contributed by atoms with Gasteiger partial charge in [-0.1, -0.05) is 41.5 Å². The normalized spacial score (nSPS) is 12.1. The molecule has 0 unspecified atom stereocenters. The maximum absolute atomic E-state index is 12.6. The largest absolute Gasteiger partial charge is 0.507 e. The number of carbonyl (C=O) groups excluding carboxylic acids is 1. The Kier molecular flexibility index (Phi) is 4.65. The van der Waals surface area contributed by atoms with E-state index in [9.17, 15) is 9.90 Å². The summed E-state index contributed by atoms with van der Waals surface area (Å²) in [5, 5.41) is 13.5. The van der Waals surface area contributed by atoms with Gasteiger partial charge in [0.05, 0.1) is 18.1 Å². The fourth-order valence-electron chi connectivity index (χ4n) is 2.48. The molecule has 128 valence electrons. The van der Waals surface area contributed by atoms with Crippen LogP contribution in [0.2, 0.25) is 0 Å². The first-order valence-corrected chi connectivity index (χ1v) is 7.94. The number of aromatic nitrogens is 2. The number of amides is 1. The highest BCUT2D eigenvalue weighted by Crippen LogP contribution is 2.39. The van der Waals surface area contributed by atoms with Crippen LogP contribution in [-0.2, 0) is 10.8 Å². The second kappa shape index (κ2) is 6.23. The molecule has 0 fully saturated rings. The fraction of sp³-hybridized carbons (Fsp3) is 0.421. The van der Waals surface area contributed by atoms with Gasteiger partial charge >= 0.3 is 0 Å². The fourth-order valence-corrected chi connectivity index (χ4v) is 2.48. The van der Waals surface area contributed by atoms with Gasteiger partial charge in [0.2, 0.25) is 0 Å². The van der Waals surface area contributed by atoms with E-state index >= 15 is 0 Å². The van der Waals surface area contributed by atoms with Crippen molar-refractivity contribution in [1.82, 2.24) is 9.97 Å². The minimum atomic E-state index is -0.282. The van der Waals surface area contributed by atoms with Gasteiger partial charge in [0.25, 0.3) is 5.91 Å². The number of aromatic hydroxyl groups is 1. The molecule has 1 amide bonds. The van der Waals surface area contributed by atoms with Gasteiger partial charge in [0.1, 0.15) is 12.1 Å². The van der Waals surface area contributed by atoms with E-state index in [0.29, 0.717) is 11.3 Å². The SMILES string of the molecule is CC(C)(C)c1cc(C(=O)Nc2cncnc2)cc(C(C)(C)C)c1O. The molecule has 0 aliphatic rings. The number of benzene rings is 1. The number of carbonyl (C=O) groups is 1. The highest BCUT2D eigenvalue weighted by molar-refractivity contribution is 6.04. The van der Waals surface area contributed by atoms with Crippen LogP contribution in [0.1, 0.15) is 63.0 Å². The number of hydrogen-bond donors (Lipinski definition) is 2. The zero-order valence-electron chi connectivity index (χ0n) is 15.1. The summed E-state index contributed by atoms with van der Waals surface area (Å²) in [6, 6.07) is 3.51. The van der Waals surface area contributed by atoms with Crippen LogP contribution in [0.3, 0.4) is 0 Å². The molecule has 0 atom stereocenters. The maximum Gasteiger partial charge on any atom is 0.255 e. The summed E-state index contributed by atoms with van der Waals surface area (Å²) in [5.41, 5.74) is 1.98. The molecule has 1 aromatic carbocycles. The molecular formula is C19H25N3O2. The molecule has 0 aliphatic carbocycles. The zero-order chi connectivity index (χ0) is 18.1. The zero-order valence-corrected chi connectivity index (χ0v) is 15.1. The Morgan fingerprint density at radius 3 is 1.83 bits per heavy atom. The monoisotopic (exact) mass is 327 g/mol. The lowest BCUT2D eigenvalue weighted by Crippen LogP contribution is -2.20. The van der Waals surface area contributed by atoms with E-state index in [4.69, 9.17) is 0 Å². The molecule has 0 radical (unpaired) electrons. The second-order valence-corrected chi connectivity index (χ2v) is 8.00.